The minimum atomic E-state index is -0.712. The zero-order valence-corrected chi connectivity index (χ0v) is 15.2. The highest BCUT2D eigenvalue weighted by atomic mass is 35.5. The Hall–Kier alpha value is -2.86. The molecule has 2 rings (SSSR count). The van der Waals surface area contributed by atoms with Crippen LogP contribution in [0.4, 0.5) is 5.69 Å². The van der Waals surface area contributed by atoms with Crippen LogP contribution in [-0.2, 0) is 14.3 Å². The maximum absolute atomic E-state index is 11.9. The fourth-order valence-corrected chi connectivity index (χ4v) is 2.41. The maximum Gasteiger partial charge on any atom is 0.325 e. The molecule has 2 aromatic rings. The van der Waals surface area contributed by atoms with Gasteiger partial charge in [0.2, 0.25) is 0 Å². The molecule has 0 aliphatic rings. The number of benzene rings is 2. The molecule has 6 nitrogen and oxygen atoms in total. The standard InChI is InChI=1S/C19H19ClN2O4/c1-12-6-7-16(13(2)8-12)22-17(23)11-26-18(24)10-21-19(25)14-4-3-5-15(20)9-14/h3-9H,10-11H2,1-2H3,(H,21,25)(H,22,23). The molecule has 2 amide bonds. The summed E-state index contributed by atoms with van der Waals surface area (Å²) in [5.74, 6) is -1.62. The van der Waals surface area contributed by atoms with E-state index in [1.54, 1.807) is 24.3 Å². The van der Waals surface area contributed by atoms with Gasteiger partial charge in [-0.15, -0.1) is 0 Å². The number of halogens is 1. The molecule has 7 heteroatoms. The lowest BCUT2D eigenvalue weighted by atomic mass is 10.1. The number of hydrogen-bond acceptors (Lipinski definition) is 4. The molecule has 0 bridgehead atoms. The van der Waals surface area contributed by atoms with Crippen LogP contribution in [0, 0.1) is 13.8 Å². The SMILES string of the molecule is Cc1ccc(NC(=O)COC(=O)CNC(=O)c2cccc(Cl)c2)c(C)c1. The van der Waals surface area contributed by atoms with Crippen LogP contribution in [-0.4, -0.2) is 30.9 Å². The van der Waals surface area contributed by atoms with Gasteiger partial charge in [0.1, 0.15) is 6.54 Å². The van der Waals surface area contributed by atoms with E-state index in [0.717, 1.165) is 11.1 Å². The summed E-state index contributed by atoms with van der Waals surface area (Å²) in [5.41, 5.74) is 2.99. The molecule has 2 N–H and O–H groups in total. The van der Waals surface area contributed by atoms with Crippen molar-refractivity contribution < 1.29 is 19.1 Å². The van der Waals surface area contributed by atoms with Gasteiger partial charge in [-0.2, -0.15) is 0 Å². The molecule has 136 valence electrons. The van der Waals surface area contributed by atoms with Gasteiger partial charge in [0, 0.05) is 16.3 Å². The number of hydrogen-bond donors (Lipinski definition) is 2. The molecule has 0 aliphatic carbocycles. The minimum absolute atomic E-state index is 0.331. The average molecular weight is 375 g/mol. The lowest BCUT2D eigenvalue weighted by molar-refractivity contribution is -0.146. The van der Waals surface area contributed by atoms with Crippen molar-refractivity contribution in [3.05, 3.63) is 64.2 Å². The van der Waals surface area contributed by atoms with Gasteiger partial charge in [-0.25, -0.2) is 0 Å². The number of esters is 1. The molecule has 0 spiro atoms. The first-order valence-corrected chi connectivity index (χ1v) is 8.29. The first-order valence-electron chi connectivity index (χ1n) is 7.91. The summed E-state index contributed by atoms with van der Waals surface area (Å²) in [6, 6.07) is 11.9. The number of carbonyl (C=O) groups is 3. The van der Waals surface area contributed by atoms with Crippen molar-refractivity contribution in [3.8, 4) is 0 Å². The van der Waals surface area contributed by atoms with Crippen molar-refractivity contribution in [2.24, 2.45) is 0 Å². The minimum Gasteiger partial charge on any atom is -0.454 e. The summed E-state index contributed by atoms with van der Waals surface area (Å²) in [6.45, 7) is 3.05. The third-order valence-corrected chi connectivity index (χ3v) is 3.74. The number of aryl methyl sites for hydroxylation is 2. The van der Waals surface area contributed by atoms with Crippen LogP contribution in [0.1, 0.15) is 21.5 Å². The third-order valence-electron chi connectivity index (χ3n) is 3.50. The summed E-state index contributed by atoms with van der Waals surface area (Å²) in [4.78, 5) is 35.4. The molecular weight excluding hydrogens is 356 g/mol. The van der Waals surface area contributed by atoms with E-state index in [1.165, 1.54) is 6.07 Å². The van der Waals surface area contributed by atoms with Gasteiger partial charge in [0.05, 0.1) is 0 Å². The number of anilines is 1. The molecule has 0 aromatic heterocycles. The van der Waals surface area contributed by atoms with Crippen molar-refractivity contribution in [3.63, 3.8) is 0 Å². The molecule has 0 saturated heterocycles. The predicted molar refractivity (Wildman–Crippen MR) is 99.3 cm³/mol. The number of rotatable bonds is 6. The second-order valence-electron chi connectivity index (χ2n) is 5.72. The molecule has 0 saturated carbocycles. The van der Waals surface area contributed by atoms with Gasteiger partial charge in [-0.05, 0) is 43.7 Å². The van der Waals surface area contributed by atoms with Crippen molar-refractivity contribution in [1.82, 2.24) is 5.32 Å². The summed E-state index contributed by atoms with van der Waals surface area (Å²) in [5, 5.41) is 5.50. The van der Waals surface area contributed by atoms with Crippen LogP contribution in [0.25, 0.3) is 0 Å². The van der Waals surface area contributed by atoms with Crippen molar-refractivity contribution >= 4 is 35.1 Å². The summed E-state index contributed by atoms with van der Waals surface area (Å²) in [6.07, 6.45) is 0. The van der Waals surface area contributed by atoms with Gasteiger partial charge < -0.3 is 15.4 Å². The number of amides is 2. The Balaban J connectivity index is 1.76. The predicted octanol–water partition coefficient (Wildman–Crippen LogP) is 2.87. The number of ether oxygens (including phenoxy) is 1. The first kappa shape index (κ1) is 19.5. The largest absolute Gasteiger partial charge is 0.454 e. The Labute approximate surface area is 156 Å². The fourth-order valence-electron chi connectivity index (χ4n) is 2.22. The van der Waals surface area contributed by atoms with Crippen molar-refractivity contribution in [2.75, 3.05) is 18.5 Å². The lowest BCUT2D eigenvalue weighted by Gasteiger charge is -2.10. The molecule has 26 heavy (non-hydrogen) atoms. The van der Waals surface area contributed by atoms with Crippen LogP contribution in [0.5, 0.6) is 0 Å². The quantitative estimate of drug-likeness (QED) is 0.761. The molecule has 2 aromatic carbocycles. The molecule has 0 atom stereocenters. The van der Waals surface area contributed by atoms with Crippen LogP contribution in [0.3, 0.4) is 0 Å². The monoisotopic (exact) mass is 374 g/mol. The van der Waals surface area contributed by atoms with E-state index >= 15 is 0 Å². The smallest absolute Gasteiger partial charge is 0.325 e. The Morgan fingerprint density at radius 3 is 2.54 bits per heavy atom. The van der Waals surface area contributed by atoms with E-state index in [9.17, 15) is 14.4 Å². The van der Waals surface area contributed by atoms with E-state index < -0.39 is 24.4 Å². The topological polar surface area (TPSA) is 84.5 Å². The van der Waals surface area contributed by atoms with Crippen LogP contribution < -0.4 is 10.6 Å². The molecule has 0 aliphatic heterocycles. The van der Waals surface area contributed by atoms with Crippen LogP contribution in [0.15, 0.2) is 42.5 Å². The Bertz CT molecular complexity index is 836. The Morgan fingerprint density at radius 1 is 1.08 bits per heavy atom. The maximum atomic E-state index is 11.9. The van der Waals surface area contributed by atoms with E-state index in [-0.39, 0.29) is 6.54 Å². The molecule has 0 radical (unpaired) electrons. The first-order chi connectivity index (χ1) is 12.3. The van der Waals surface area contributed by atoms with Crippen molar-refractivity contribution in [1.29, 1.82) is 0 Å². The summed E-state index contributed by atoms with van der Waals surface area (Å²) >= 11 is 5.81. The highest BCUT2D eigenvalue weighted by Gasteiger charge is 2.12. The Kier molecular flexibility index (Phi) is 6.74. The van der Waals surface area contributed by atoms with E-state index in [4.69, 9.17) is 16.3 Å². The summed E-state index contributed by atoms with van der Waals surface area (Å²) in [7, 11) is 0. The second kappa shape index (κ2) is 9.01. The molecule has 0 heterocycles. The zero-order chi connectivity index (χ0) is 19.1. The Morgan fingerprint density at radius 2 is 1.85 bits per heavy atom. The number of nitrogens with one attached hydrogen (secondary N) is 2. The highest BCUT2D eigenvalue weighted by molar-refractivity contribution is 6.30. The van der Waals surface area contributed by atoms with Gasteiger partial charge in [0.25, 0.3) is 11.8 Å². The summed E-state index contributed by atoms with van der Waals surface area (Å²) < 4.78 is 4.86. The zero-order valence-electron chi connectivity index (χ0n) is 14.5. The van der Waals surface area contributed by atoms with Crippen molar-refractivity contribution in [2.45, 2.75) is 13.8 Å². The highest BCUT2D eigenvalue weighted by Crippen LogP contribution is 2.15. The molecule has 0 fully saturated rings. The van der Waals surface area contributed by atoms with Crippen LogP contribution >= 0.6 is 11.6 Å². The molecule has 0 unspecified atom stereocenters. The second-order valence-corrected chi connectivity index (χ2v) is 6.16. The van der Waals surface area contributed by atoms with E-state index in [0.29, 0.717) is 16.3 Å². The van der Waals surface area contributed by atoms with Crippen LogP contribution in [0.2, 0.25) is 5.02 Å². The molecular formula is C19H19ClN2O4. The number of carbonyl (C=O) groups excluding carboxylic acids is 3. The third kappa shape index (κ3) is 5.89. The normalized spacial score (nSPS) is 10.1. The average Bonchev–Trinajstić information content (AvgIpc) is 2.60. The fraction of sp³-hybridized carbons (Fsp3) is 0.211. The van der Waals surface area contributed by atoms with E-state index in [1.807, 2.05) is 26.0 Å². The van der Waals surface area contributed by atoms with Gasteiger partial charge in [-0.3, -0.25) is 14.4 Å². The lowest BCUT2D eigenvalue weighted by Crippen LogP contribution is -2.32. The van der Waals surface area contributed by atoms with Gasteiger partial charge in [0.15, 0.2) is 6.61 Å². The van der Waals surface area contributed by atoms with E-state index in [2.05, 4.69) is 10.6 Å². The van der Waals surface area contributed by atoms with Gasteiger partial charge >= 0.3 is 5.97 Å². The van der Waals surface area contributed by atoms with Gasteiger partial charge in [-0.1, -0.05) is 35.4 Å².